The fourth-order valence-corrected chi connectivity index (χ4v) is 2.55. The second-order valence-corrected chi connectivity index (χ2v) is 5.41. The molecule has 1 aliphatic rings. The highest BCUT2D eigenvalue weighted by atomic mass is 79.9. The van der Waals surface area contributed by atoms with Crippen molar-refractivity contribution in [2.24, 2.45) is 5.92 Å². The zero-order valence-electron chi connectivity index (χ0n) is 9.92. The Hall–Kier alpha value is -0.870. The molecule has 0 aromatic heterocycles. The number of carbonyl (C=O) groups excluding carboxylic acids is 1. The number of aryl methyl sites for hydroxylation is 1. The van der Waals surface area contributed by atoms with Crippen molar-refractivity contribution >= 4 is 27.5 Å². The SMILES string of the molecule is Cc1cc(Br)ccc1NC(=O)[C@H]1CCCNC1. The van der Waals surface area contributed by atoms with Gasteiger partial charge in [0.05, 0.1) is 5.92 Å². The van der Waals surface area contributed by atoms with Gasteiger partial charge in [0.15, 0.2) is 0 Å². The molecule has 1 aliphatic heterocycles. The normalized spacial score (nSPS) is 20.0. The molecule has 0 saturated carbocycles. The Morgan fingerprint density at radius 2 is 2.35 bits per heavy atom. The minimum atomic E-state index is 0.104. The van der Waals surface area contributed by atoms with Crippen LogP contribution in [0.4, 0.5) is 5.69 Å². The van der Waals surface area contributed by atoms with Gasteiger partial charge in [-0.15, -0.1) is 0 Å². The number of amides is 1. The summed E-state index contributed by atoms with van der Waals surface area (Å²) >= 11 is 3.42. The number of hydrogen-bond acceptors (Lipinski definition) is 2. The van der Waals surface area contributed by atoms with Gasteiger partial charge in [0.25, 0.3) is 0 Å². The molecule has 2 N–H and O–H groups in total. The topological polar surface area (TPSA) is 41.1 Å². The highest BCUT2D eigenvalue weighted by Crippen LogP contribution is 2.21. The summed E-state index contributed by atoms with van der Waals surface area (Å²) in [6.45, 7) is 3.82. The van der Waals surface area contributed by atoms with Crippen molar-refractivity contribution in [3.8, 4) is 0 Å². The van der Waals surface area contributed by atoms with Gasteiger partial charge in [-0.1, -0.05) is 15.9 Å². The van der Waals surface area contributed by atoms with Crippen molar-refractivity contribution in [2.75, 3.05) is 18.4 Å². The van der Waals surface area contributed by atoms with Crippen molar-refractivity contribution in [1.29, 1.82) is 0 Å². The van der Waals surface area contributed by atoms with Crippen LogP contribution in [-0.4, -0.2) is 19.0 Å². The number of benzene rings is 1. The molecule has 3 nitrogen and oxygen atoms in total. The average Bonchev–Trinajstić information content (AvgIpc) is 2.34. The third-order valence-corrected chi connectivity index (χ3v) is 3.61. The summed E-state index contributed by atoms with van der Waals surface area (Å²) in [4.78, 5) is 12.0. The van der Waals surface area contributed by atoms with E-state index in [0.717, 1.165) is 41.7 Å². The lowest BCUT2D eigenvalue weighted by molar-refractivity contribution is -0.120. The standard InChI is InChI=1S/C13H17BrN2O/c1-9-7-11(14)4-5-12(9)16-13(17)10-3-2-6-15-8-10/h4-5,7,10,15H,2-3,6,8H2,1H3,(H,16,17)/t10-/m0/s1. The predicted molar refractivity (Wildman–Crippen MR) is 73.1 cm³/mol. The Morgan fingerprint density at radius 1 is 1.53 bits per heavy atom. The second-order valence-electron chi connectivity index (χ2n) is 4.49. The largest absolute Gasteiger partial charge is 0.326 e. The Morgan fingerprint density at radius 3 is 3.00 bits per heavy atom. The van der Waals surface area contributed by atoms with E-state index in [9.17, 15) is 4.79 Å². The third kappa shape index (κ3) is 3.30. The Bertz CT molecular complexity index is 414. The van der Waals surface area contributed by atoms with E-state index in [2.05, 4.69) is 26.6 Å². The van der Waals surface area contributed by atoms with E-state index in [1.807, 2.05) is 25.1 Å². The first kappa shape index (κ1) is 12.6. The maximum absolute atomic E-state index is 12.0. The van der Waals surface area contributed by atoms with Crippen LogP contribution < -0.4 is 10.6 Å². The number of halogens is 1. The van der Waals surface area contributed by atoms with Gasteiger partial charge in [0, 0.05) is 16.7 Å². The van der Waals surface area contributed by atoms with Gasteiger partial charge < -0.3 is 10.6 Å². The van der Waals surface area contributed by atoms with Gasteiger partial charge in [0.2, 0.25) is 5.91 Å². The first-order chi connectivity index (χ1) is 8.16. The Balaban J connectivity index is 2.02. The van der Waals surface area contributed by atoms with E-state index >= 15 is 0 Å². The maximum Gasteiger partial charge on any atom is 0.228 e. The van der Waals surface area contributed by atoms with Crippen LogP contribution in [0.1, 0.15) is 18.4 Å². The summed E-state index contributed by atoms with van der Waals surface area (Å²) in [7, 11) is 0. The first-order valence-electron chi connectivity index (χ1n) is 5.94. The van der Waals surface area contributed by atoms with Gasteiger partial charge >= 0.3 is 0 Å². The Kier molecular flexibility index (Phi) is 4.18. The molecule has 17 heavy (non-hydrogen) atoms. The molecule has 1 aromatic rings. The quantitative estimate of drug-likeness (QED) is 0.881. The van der Waals surface area contributed by atoms with Gasteiger partial charge in [-0.3, -0.25) is 4.79 Å². The molecule has 2 rings (SSSR count). The maximum atomic E-state index is 12.0. The van der Waals surface area contributed by atoms with Crippen molar-refractivity contribution in [3.05, 3.63) is 28.2 Å². The fraction of sp³-hybridized carbons (Fsp3) is 0.462. The van der Waals surface area contributed by atoms with Gasteiger partial charge in [-0.2, -0.15) is 0 Å². The van der Waals surface area contributed by atoms with E-state index in [0.29, 0.717) is 0 Å². The van der Waals surface area contributed by atoms with Crippen molar-refractivity contribution in [3.63, 3.8) is 0 Å². The third-order valence-electron chi connectivity index (χ3n) is 3.11. The van der Waals surface area contributed by atoms with Crippen LogP contribution in [0.3, 0.4) is 0 Å². The number of piperidine rings is 1. The fourth-order valence-electron chi connectivity index (χ4n) is 2.08. The monoisotopic (exact) mass is 296 g/mol. The van der Waals surface area contributed by atoms with Crippen LogP contribution in [0.5, 0.6) is 0 Å². The van der Waals surface area contributed by atoms with Gasteiger partial charge in [0.1, 0.15) is 0 Å². The molecule has 0 radical (unpaired) electrons. The summed E-state index contributed by atoms with van der Waals surface area (Å²) in [5.41, 5.74) is 1.99. The van der Waals surface area contributed by atoms with E-state index in [1.165, 1.54) is 0 Å². The minimum Gasteiger partial charge on any atom is -0.326 e. The summed E-state index contributed by atoms with van der Waals surface area (Å²) in [5, 5.41) is 6.26. The van der Waals surface area contributed by atoms with Crippen molar-refractivity contribution in [1.82, 2.24) is 5.32 Å². The van der Waals surface area contributed by atoms with Crippen molar-refractivity contribution in [2.45, 2.75) is 19.8 Å². The van der Waals surface area contributed by atoms with Crippen LogP contribution in [0.2, 0.25) is 0 Å². The molecular weight excluding hydrogens is 280 g/mol. The number of rotatable bonds is 2. The minimum absolute atomic E-state index is 0.104. The molecule has 1 fully saturated rings. The summed E-state index contributed by atoms with van der Waals surface area (Å²) in [5.74, 6) is 0.231. The molecule has 0 aliphatic carbocycles. The van der Waals surface area contributed by atoms with Crippen LogP contribution in [-0.2, 0) is 4.79 Å². The van der Waals surface area contributed by atoms with Crippen LogP contribution in [0.15, 0.2) is 22.7 Å². The lowest BCUT2D eigenvalue weighted by atomic mass is 9.98. The molecule has 0 unspecified atom stereocenters. The second kappa shape index (κ2) is 5.65. The molecule has 1 saturated heterocycles. The van der Waals surface area contributed by atoms with Crippen LogP contribution in [0, 0.1) is 12.8 Å². The summed E-state index contributed by atoms with van der Waals surface area (Å²) < 4.78 is 1.03. The van der Waals surface area contributed by atoms with E-state index in [4.69, 9.17) is 0 Å². The molecule has 92 valence electrons. The first-order valence-corrected chi connectivity index (χ1v) is 6.74. The number of anilines is 1. The predicted octanol–water partition coefficient (Wildman–Crippen LogP) is 2.70. The molecule has 1 aromatic carbocycles. The van der Waals surface area contributed by atoms with Crippen LogP contribution >= 0.6 is 15.9 Å². The molecule has 0 bridgehead atoms. The number of nitrogens with one attached hydrogen (secondary N) is 2. The average molecular weight is 297 g/mol. The molecule has 1 heterocycles. The summed E-state index contributed by atoms with van der Waals surface area (Å²) in [6.07, 6.45) is 2.06. The molecule has 4 heteroatoms. The van der Waals surface area contributed by atoms with E-state index < -0.39 is 0 Å². The smallest absolute Gasteiger partial charge is 0.228 e. The molecule has 1 amide bonds. The Labute approximate surface area is 110 Å². The lowest BCUT2D eigenvalue weighted by Gasteiger charge is -2.22. The highest BCUT2D eigenvalue weighted by molar-refractivity contribution is 9.10. The zero-order valence-corrected chi connectivity index (χ0v) is 11.5. The van der Waals surface area contributed by atoms with Gasteiger partial charge in [-0.05, 0) is 50.1 Å². The highest BCUT2D eigenvalue weighted by Gasteiger charge is 2.21. The summed E-state index contributed by atoms with van der Waals surface area (Å²) in [6, 6.07) is 5.89. The number of carbonyl (C=O) groups is 1. The lowest BCUT2D eigenvalue weighted by Crippen LogP contribution is -2.37. The molecule has 1 atom stereocenters. The molecule has 0 spiro atoms. The van der Waals surface area contributed by atoms with Crippen molar-refractivity contribution < 1.29 is 4.79 Å². The van der Waals surface area contributed by atoms with E-state index in [1.54, 1.807) is 0 Å². The van der Waals surface area contributed by atoms with Gasteiger partial charge in [-0.25, -0.2) is 0 Å². The van der Waals surface area contributed by atoms with E-state index in [-0.39, 0.29) is 11.8 Å². The molecular formula is C13H17BrN2O. The van der Waals surface area contributed by atoms with Crippen LogP contribution in [0.25, 0.3) is 0 Å². The number of hydrogen-bond donors (Lipinski definition) is 2. The zero-order chi connectivity index (χ0) is 12.3.